The number of halogens is 2. The molecule has 0 aliphatic heterocycles. The second-order valence-electron chi connectivity index (χ2n) is 7.42. The Kier molecular flexibility index (Phi) is 7.21. The summed E-state index contributed by atoms with van der Waals surface area (Å²) >= 11 is 12.1. The summed E-state index contributed by atoms with van der Waals surface area (Å²) in [6.07, 6.45) is 0. The molecule has 0 saturated heterocycles. The summed E-state index contributed by atoms with van der Waals surface area (Å²) in [5.41, 5.74) is 1.47. The fourth-order valence-corrected chi connectivity index (χ4v) is 4.96. The summed E-state index contributed by atoms with van der Waals surface area (Å²) in [5, 5.41) is 6.02. The van der Waals surface area contributed by atoms with Crippen LogP contribution in [0.25, 0.3) is 0 Å². The van der Waals surface area contributed by atoms with Crippen molar-refractivity contribution in [1.29, 1.82) is 0 Å². The van der Waals surface area contributed by atoms with Crippen LogP contribution in [0.15, 0.2) is 107 Å². The molecule has 176 valence electrons. The van der Waals surface area contributed by atoms with Crippen molar-refractivity contribution >= 4 is 56.2 Å². The van der Waals surface area contributed by atoms with E-state index in [9.17, 15) is 18.0 Å². The van der Waals surface area contributed by atoms with Gasteiger partial charge in [0.2, 0.25) is 9.84 Å². The first-order valence-electron chi connectivity index (χ1n) is 10.3. The standard InChI is InChI=1S/C26H18Cl2N2O4S/c27-23-7-3-1-5-21(23)25(31)29-17-9-13-19(14-10-17)35(33,34)20-15-11-18(12-16-20)30-26(32)22-6-2-4-8-24(22)28/h1-16H,(H,29,31)(H,30,32). The predicted molar refractivity (Wildman–Crippen MR) is 137 cm³/mol. The number of rotatable bonds is 6. The monoisotopic (exact) mass is 524 g/mol. The van der Waals surface area contributed by atoms with E-state index in [1.165, 1.54) is 48.5 Å². The zero-order valence-electron chi connectivity index (χ0n) is 18.0. The highest BCUT2D eigenvalue weighted by Crippen LogP contribution is 2.25. The molecule has 35 heavy (non-hydrogen) atoms. The lowest BCUT2D eigenvalue weighted by Gasteiger charge is -2.10. The molecule has 4 rings (SSSR count). The van der Waals surface area contributed by atoms with Crippen LogP contribution in [0.1, 0.15) is 20.7 Å². The molecule has 0 aliphatic rings. The minimum absolute atomic E-state index is 0.0566. The van der Waals surface area contributed by atoms with Gasteiger partial charge in [-0.3, -0.25) is 9.59 Å². The number of amides is 2. The molecule has 4 aromatic rings. The molecule has 0 heterocycles. The molecule has 0 fully saturated rings. The molecule has 6 nitrogen and oxygen atoms in total. The Morgan fingerprint density at radius 2 is 0.886 bits per heavy atom. The van der Waals surface area contributed by atoms with Gasteiger partial charge in [0.25, 0.3) is 11.8 Å². The van der Waals surface area contributed by atoms with Crippen molar-refractivity contribution in [2.24, 2.45) is 0 Å². The third kappa shape index (κ3) is 5.54. The van der Waals surface area contributed by atoms with E-state index in [4.69, 9.17) is 23.2 Å². The molecular formula is C26H18Cl2N2O4S. The van der Waals surface area contributed by atoms with Gasteiger partial charge in [-0.25, -0.2) is 8.42 Å². The highest BCUT2D eigenvalue weighted by atomic mass is 35.5. The maximum atomic E-state index is 13.0. The Morgan fingerprint density at radius 3 is 1.23 bits per heavy atom. The fourth-order valence-electron chi connectivity index (χ4n) is 3.26. The van der Waals surface area contributed by atoms with Crippen molar-refractivity contribution in [1.82, 2.24) is 0 Å². The third-order valence-corrected chi connectivity index (χ3v) is 7.53. The van der Waals surface area contributed by atoms with Gasteiger partial charge in [0.1, 0.15) is 0 Å². The average molecular weight is 525 g/mol. The summed E-state index contributed by atoms with van der Waals surface area (Å²) in [6.45, 7) is 0. The zero-order chi connectivity index (χ0) is 25.0. The van der Waals surface area contributed by atoms with E-state index in [2.05, 4.69) is 10.6 Å². The first kappa shape index (κ1) is 24.5. The maximum absolute atomic E-state index is 13.0. The minimum atomic E-state index is -3.81. The maximum Gasteiger partial charge on any atom is 0.257 e. The summed E-state index contributed by atoms with van der Waals surface area (Å²) in [5.74, 6) is -0.804. The number of hydrogen-bond donors (Lipinski definition) is 2. The van der Waals surface area contributed by atoms with E-state index in [-0.39, 0.29) is 9.79 Å². The van der Waals surface area contributed by atoms with Crippen LogP contribution in [0.4, 0.5) is 11.4 Å². The van der Waals surface area contributed by atoms with Gasteiger partial charge < -0.3 is 10.6 Å². The lowest BCUT2D eigenvalue weighted by Crippen LogP contribution is -2.13. The van der Waals surface area contributed by atoms with Gasteiger partial charge >= 0.3 is 0 Å². The van der Waals surface area contributed by atoms with Gasteiger partial charge in [0.05, 0.1) is 31.0 Å². The Balaban J connectivity index is 1.46. The number of nitrogens with one attached hydrogen (secondary N) is 2. The predicted octanol–water partition coefficient (Wildman–Crippen LogP) is 6.33. The Morgan fingerprint density at radius 1 is 0.543 bits per heavy atom. The van der Waals surface area contributed by atoms with Crippen LogP contribution in [-0.2, 0) is 9.84 Å². The van der Waals surface area contributed by atoms with E-state index in [1.54, 1.807) is 48.5 Å². The highest BCUT2D eigenvalue weighted by Gasteiger charge is 2.18. The summed E-state index contributed by atoms with van der Waals surface area (Å²) < 4.78 is 26.0. The van der Waals surface area contributed by atoms with E-state index in [0.29, 0.717) is 32.5 Å². The number of carbonyl (C=O) groups is 2. The van der Waals surface area contributed by atoms with Crippen LogP contribution in [0.2, 0.25) is 10.0 Å². The van der Waals surface area contributed by atoms with Crippen LogP contribution in [0, 0.1) is 0 Å². The largest absolute Gasteiger partial charge is 0.322 e. The number of anilines is 2. The second-order valence-corrected chi connectivity index (χ2v) is 10.2. The first-order chi connectivity index (χ1) is 16.8. The van der Waals surface area contributed by atoms with Gasteiger partial charge in [0, 0.05) is 11.4 Å². The SMILES string of the molecule is O=C(Nc1ccc(S(=O)(=O)c2ccc(NC(=O)c3ccccc3Cl)cc2)cc1)c1ccccc1Cl. The van der Waals surface area contributed by atoms with Gasteiger partial charge in [-0.05, 0) is 72.8 Å². The van der Waals surface area contributed by atoms with E-state index >= 15 is 0 Å². The Hall–Kier alpha value is -3.65. The zero-order valence-corrected chi connectivity index (χ0v) is 20.4. The Labute approximate surface area is 212 Å². The molecule has 9 heteroatoms. The van der Waals surface area contributed by atoms with Crippen molar-refractivity contribution < 1.29 is 18.0 Å². The first-order valence-corrected chi connectivity index (χ1v) is 12.6. The molecule has 0 bridgehead atoms. The summed E-state index contributed by atoms with van der Waals surface area (Å²) in [6, 6.07) is 24.9. The molecule has 0 unspecified atom stereocenters. The smallest absolute Gasteiger partial charge is 0.257 e. The summed E-state index contributed by atoms with van der Waals surface area (Å²) in [7, 11) is -3.81. The van der Waals surface area contributed by atoms with Gasteiger partial charge in [-0.2, -0.15) is 0 Å². The number of sulfone groups is 1. The second kappa shape index (κ2) is 10.3. The lowest BCUT2D eigenvalue weighted by molar-refractivity contribution is 0.101. The molecule has 0 aromatic heterocycles. The molecule has 2 amide bonds. The number of hydrogen-bond acceptors (Lipinski definition) is 4. The van der Waals surface area contributed by atoms with Crippen LogP contribution in [0.3, 0.4) is 0 Å². The molecule has 0 atom stereocenters. The highest BCUT2D eigenvalue weighted by molar-refractivity contribution is 7.91. The lowest BCUT2D eigenvalue weighted by atomic mass is 10.2. The number of benzene rings is 4. The third-order valence-electron chi connectivity index (χ3n) is 5.08. The average Bonchev–Trinajstić information content (AvgIpc) is 2.85. The van der Waals surface area contributed by atoms with Crippen molar-refractivity contribution in [2.75, 3.05) is 10.6 Å². The summed E-state index contributed by atoms with van der Waals surface area (Å²) in [4.78, 5) is 24.9. The van der Waals surface area contributed by atoms with Crippen LogP contribution in [0.5, 0.6) is 0 Å². The number of carbonyl (C=O) groups excluding carboxylic acids is 2. The van der Waals surface area contributed by atoms with Crippen LogP contribution in [-0.4, -0.2) is 20.2 Å². The van der Waals surface area contributed by atoms with Gasteiger partial charge in [0.15, 0.2) is 0 Å². The van der Waals surface area contributed by atoms with Crippen LogP contribution >= 0.6 is 23.2 Å². The van der Waals surface area contributed by atoms with Gasteiger partial charge in [-0.15, -0.1) is 0 Å². The van der Waals surface area contributed by atoms with Crippen molar-refractivity contribution in [3.63, 3.8) is 0 Å². The molecule has 2 N–H and O–H groups in total. The topological polar surface area (TPSA) is 92.3 Å². The van der Waals surface area contributed by atoms with Gasteiger partial charge in [-0.1, -0.05) is 47.5 Å². The quantitative estimate of drug-likeness (QED) is 0.308. The van der Waals surface area contributed by atoms with E-state index in [0.717, 1.165) is 0 Å². The van der Waals surface area contributed by atoms with Crippen molar-refractivity contribution in [2.45, 2.75) is 9.79 Å². The molecule has 0 spiro atoms. The fraction of sp³-hybridized carbons (Fsp3) is 0. The minimum Gasteiger partial charge on any atom is -0.322 e. The van der Waals surface area contributed by atoms with E-state index in [1.807, 2.05) is 0 Å². The molecule has 4 aromatic carbocycles. The Bertz CT molecular complexity index is 1390. The molecular weight excluding hydrogens is 507 g/mol. The molecule has 0 saturated carbocycles. The van der Waals surface area contributed by atoms with Crippen molar-refractivity contribution in [3.8, 4) is 0 Å². The normalized spacial score (nSPS) is 11.0. The van der Waals surface area contributed by atoms with E-state index < -0.39 is 21.7 Å². The van der Waals surface area contributed by atoms with Crippen molar-refractivity contribution in [3.05, 3.63) is 118 Å². The molecule has 0 radical (unpaired) electrons. The molecule has 0 aliphatic carbocycles. The van der Waals surface area contributed by atoms with Crippen LogP contribution < -0.4 is 10.6 Å².